The lowest BCUT2D eigenvalue weighted by atomic mass is 10.2. The van der Waals surface area contributed by atoms with Crippen molar-refractivity contribution in [2.24, 2.45) is 0 Å². The molecule has 0 amide bonds. The summed E-state index contributed by atoms with van der Waals surface area (Å²) in [7, 11) is 0. The third kappa shape index (κ3) is 2.10. The molecule has 0 saturated heterocycles. The largest absolute Gasteiger partial charge is 0.467 e. The topological polar surface area (TPSA) is 29.5 Å². The van der Waals surface area contributed by atoms with E-state index in [0.717, 1.165) is 5.56 Å². The summed E-state index contributed by atoms with van der Waals surface area (Å²) in [6.07, 6.45) is 1.82. The molecule has 0 aromatic heterocycles. The highest BCUT2D eigenvalue weighted by Crippen LogP contribution is 2.14. The fourth-order valence-electron chi connectivity index (χ4n) is 1.01. The van der Waals surface area contributed by atoms with Crippen molar-refractivity contribution in [1.29, 1.82) is 0 Å². The van der Waals surface area contributed by atoms with Crippen molar-refractivity contribution in [3.8, 4) is 0 Å². The lowest BCUT2D eigenvalue weighted by Gasteiger charge is -2.06. The summed E-state index contributed by atoms with van der Waals surface area (Å²) in [6.45, 7) is 1.59. The Morgan fingerprint density at radius 2 is 2.08 bits per heavy atom. The Balaban J connectivity index is 2.82. The molecule has 64 valence electrons. The molecule has 1 N–H and O–H groups in total. The highest BCUT2D eigenvalue weighted by Gasteiger charge is 1.97. The van der Waals surface area contributed by atoms with Gasteiger partial charge in [0, 0.05) is 5.56 Å². The highest BCUT2D eigenvalue weighted by molar-refractivity contribution is 5.58. The Hall–Kier alpha value is -1.28. The molecule has 0 aliphatic heterocycles. The van der Waals surface area contributed by atoms with Crippen molar-refractivity contribution in [3.05, 3.63) is 42.0 Å². The van der Waals surface area contributed by atoms with Crippen LogP contribution in [0.5, 0.6) is 0 Å². The Bertz CT molecular complexity index is 252. The fourth-order valence-corrected chi connectivity index (χ4v) is 1.01. The van der Waals surface area contributed by atoms with Gasteiger partial charge < -0.3 is 9.84 Å². The van der Waals surface area contributed by atoms with E-state index in [9.17, 15) is 0 Å². The molecule has 0 fully saturated rings. The standard InChI is InChI=1S/C10H12O2/c1-2-10(12-8-11)9-6-4-3-5-7-9/h2-7,11H,8H2,1H3/b10-2+. The van der Waals surface area contributed by atoms with Crippen LogP contribution in [0, 0.1) is 0 Å². The van der Waals surface area contributed by atoms with Gasteiger partial charge >= 0.3 is 0 Å². The summed E-state index contributed by atoms with van der Waals surface area (Å²) in [5.41, 5.74) is 0.981. The number of allylic oxidation sites excluding steroid dienone is 1. The number of aliphatic hydroxyl groups excluding tert-OH is 1. The first-order valence-corrected chi connectivity index (χ1v) is 3.84. The van der Waals surface area contributed by atoms with Gasteiger partial charge in [-0.3, -0.25) is 0 Å². The number of benzene rings is 1. The Kier molecular flexibility index (Phi) is 3.35. The van der Waals surface area contributed by atoms with Gasteiger partial charge in [0.15, 0.2) is 6.79 Å². The second-order valence-corrected chi connectivity index (χ2v) is 2.29. The van der Waals surface area contributed by atoms with Crippen LogP contribution in [0.3, 0.4) is 0 Å². The van der Waals surface area contributed by atoms with Crippen LogP contribution in [-0.4, -0.2) is 11.9 Å². The molecule has 0 bridgehead atoms. The molecule has 2 nitrogen and oxygen atoms in total. The van der Waals surface area contributed by atoms with Crippen LogP contribution in [0.4, 0.5) is 0 Å². The van der Waals surface area contributed by atoms with Crippen LogP contribution in [-0.2, 0) is 4.74 Å². The van der Waals surface area contributed by atoms with E-state index in [1.165, 1.54) is 0 Å². The predicted octanol–water partition coefficient (Wildman–Crippen LogP) is 2.01. The van der Waals surface area contributed by atoms with E-state index in [-0.39, 0.29) is 6.79 Å². The quantitative estimate of drug-likeness (QED) is 0.547. The minimum Gasteiger partial charge on any atom is -0.467 e. The van der Waals surface area contributed by atoms with Crippen molar-refractivity contribution in [2.45, 2.75) is 6.92 Å². The molecule has 0 heterocycles. The average molecular weight is 164 g/mol. The Labute approximate surface area is 72.1 Å². The Morgan fingerprint density at radius 3 is 2.58 bits per heavy atom. The molecule has 0 radical (unpaired) electrons. The number of rotatable bonds is 3. The normalized spacial score (nSPS) is 11.3. The first-order valence-electron chi connectivity index (χ1n) is 3.84. The molecule has 0 spiro atoms. The maximum atomic E-state index is 8.57. The van der Waals surface area contributed by atoms with Crippen LogP contribution in [0.25, 0.3) is 5.76 Å². The Morgan fingerprint density at radius 1 is 1.42 bits per heavy atom. The molecule has 2 heteroatoms. The third-order valence-corrected chi connectivity index (χ3v) is 1.54. The van der Waals surface area contributed by atoms with Gasteiger partial charge in [-0.1, -0.05) is 30.3 Å². The zero-order chi connectivity index (χ0) is 8.81. The van der Waals surface area contributed by atoms with E-state index in [1.807, 2.05) is 43.3 Å². The molecule has 0 atom stereocenters. The summed E-state index contributed by atoms with van der Waals surface area (Å²) in [4.78, 5) is 0. The van der Waals surface area contributed by atoms with E-state index in [0.29, 0.717) is 5.76 Å². The van der Waals surface area contributed by atoms with Crippen LogP contribution in [0.2, 0.25) is 0 Å². The van der Waals surface area contributed by atoms with E-state index < -0.39 is 0 Å². The zero-order valence-corrected chi connectivity index (χ0v) is 7.03. The van der Waals surface area contributed by atoms with E-state index in [4.69, 9.17) is 9.84 Å². The second-order valence-electron chi connectivity index (χ2n) is 2.29. The van der Waals surface area contributed by atoms with Gasteiger partial charge in [0.2, 0.25) is 0 Å². The minimum atomic E-state index is -0.283. The molecule has 0 unspecified atom stereocenters. The number of hydrogen-bond acceptors (Lipinski definition) is 2. The van der Waals surface area contributed by atoms with Gasteiger partial charge in [-0.15, -0.1) is 0 Å². The lowest BCUT2D eigenvalue weighted by molar-refractivity contribution is 0.0747. The zero-order valence-electron chi connectivity index (χ0n) is 7.03. The van der Waals surface area contributed by atoms with E-state index in [2.05, 4.69) is 0 Å². The molecular formula is C10H12O2. The number of aliphatic hydroxyl groups is 1. The smallest absolute Gasteiger partial charge is 0.186 e. The maximum absolute atomic E-state index is 8.57. The maximum Gasteiger partial charge on any atom is 0.186 e. The summed E-state index contributed by atoms with van der Waals surface area (Å²) < 4.78 is 4.99. The van der Waals surface area contributed by atoms with E-state index in [1.54, 1.807) is 0 Å². The molecular weight excluding hydrogens is 152 g/mol. The van der Waals surface area contributed by atoms with Crippen LogP contribution in [0.1, 0.15) is 12.5 Å². The van der Waals surface area contributed by atoms with Crippen LogP contribution in [0.15, 0.2) is 36.4 Å². The molecule has 1 aromatic rings. The average Bonchev–Trinajstić information content (AvgIpc) is 2.15. The lowest BCUT2D eigenvalue weighted by Crippen LogP contribution is -1.92. The number of hydrogen-bond donors (Lipinski definition) is 1. The van der Waals surface area contributed by atoms with Gasteiger partial charge in [-0.25, -0.2) is 0 Å². The first kappa shape index (κ1) is 8.81. The second kappa shape index (κ2) is 4.57. The van der Waals surface area contributed by atoms with E-state index >= 15 is 0 Å². The first-order chi connectivity index (χ1) is 5.88. The molecule has 0 aliphatic rings. The summed E-state index contributed by atoms with van der Waals surface area (Å²) in [5, 5.41) is 8.57. The molecule has 1 rings (SSSR count). The number of ether oxygens (including phenoxy) is 1. The fraction of sp³-hybridized carbons (Fsp3) is 0.200. The van der Waals surface area contributed by atoms with Gasteiger partial charge in [0.1, 0.15) is 5.76 Å². The van der Waals surface area contributed by atoms with Crippen LogP contribution >= 0.6 is 0 Å². The SMILES string of the molecule is C/C=C(/OCO)c1ccccc1. The van der Waals surface area contributed by atoms with Gasteiger partial charge in [-0.05, 0) is 13.0 Å². The summed E-state index contributed by atoms with van der Waals surface area (Å²) >= 11 is 0. The van der Waals surface area contributed by atoms with Crippen molar-refractivity contribution >= 4 is 5.76 Å². The predicted molar refractivity (Wildman–Crippen MR) is 48.3 cm³/mol. The van der Waals surface area contributed by atoms with Gasteiger partial charge in [0.05, 0.1) is 0 Å². The molecule has 0 aliphatic carbocycles. The molecule has 0 saturated carbocycles. The van der Waals surface area contributed by atoms with Crippen molar-refractivity contribution < 1.29 is 9.84 Å². The van der Waals surface area contributed by atoms with Crippen LogP contribution < -0.4 is 0 Å². The van der Waals surface area contributed by atoms with Gasteiger partial charge in [-0.2, -0.15) is 0 Å². The van der Waals surface area contributed by atoms with Crippen molar-refractivity contribution in [1.82, 2.24) is 0 Å². The third-order valence-electron chi connectivity index (χ3n) is 1.54. The molecule has 1 aromatic carbocycles. The monoisotopic (exact) mass is 164 g/mol. The summed E-state index contributed by atoms with van der Waals surface area (Å²) in [6, 6.07) is 9.67. The highest BCUT2D eigenvalue weighted by atomic mass is 16.6. The minimum absolute atomic E-state index is 0.283. The molecule has 12 heavy (non-hydrogen) atoms. The summed E-state index contributed by atoms with van der Waals surface area (Å²) in [5.74, 6) is 0.707. The van der Waals surface area contributed by atoms with Crippen molar-refractivity contribution in [3.63, 3.8) is 0 Å². The van der Waals surface area contributed by atoms with Gasteiger partial charge in [0.25, 0.3) is 0 Å². The van der Waals surface area contributed by atoms with Crippen molar-refractivity contribution in [2.75, 3.05) is 6.79 Å².